The van der Waals surface area contributed by atoms with Crippen LogP contribution in [0.1, 0.15) is 16.1 Å². The summed E-state index contributed by atoms with van der Waals surface area (Å²) >= 11 is 3.08. The molecule has 20 heavy (non-hydrogen) atoms. The van der Waals surface area contributed by atoms with Crippen molar-refractivity contribution in [2.24, 2.45) is 0 Å². The number of nitrogens with zero attached hydrogens (tertiary/aromatic N) is 2. The molecule has 0 atom stereocenters. The van der Waals surface area contributed by atoms with E-state index >= 15 is 0 Å². The zero-order valence-corrected chi connectivity index (χ0v) is 12.0. The molecule has 0 unspecified atom stereocenters. The number of aryl methyl sites for hydroxylation is 1. The van der Waals surface area contributed by atoms with Crippen molar-refractivity contribution in [3.05, 3.63) is 62.4 Å². The quantitative estimate of drug-likeness (QED) is 0.688. The molecule has 1 aromatic carbocycles. The van der Waals surface area contributed by atoms with Gasteiger partial charge in [0.15, 0.2) is 0 Å². The second-order valence-corrected chi connectivity index (χ2v) is 4.87. The Hall–Kier alpha value is -2.28. The van der Waals surface area contributed by atoms with Gasteiger partial charge in [-0.05, 0) is 47.1 Å². The van der Waals surface area contributed by atoms with E-state index in [-0.39, 0.29) is 11.3 Å². The number of carbonyl (C=O) groups is 1. The van der Waals surface area contributed by atoms with Crippen LogP contribution in [0.3, 0.4) is 0 Å². The van der Waals surface area contributed by atoms with Gasteiger partial charge in [0.25, 0.3) is 11.6 Å². The van der Waals surface area contributed by atoms with Crippen LogP contribution in [0.2, 0.25) is 0 Å². The second-order valence-electron chi connectivity index (χ2n) is 4.01. The van der Waals surface area contributed by atoms with Crippen LogP contribution in [-0.4, -0.2) is 15.8 Å². The monoisotopic (exact) mass is 335 g/mol. The predicted molar refractivity (Wildman–Crippen MR) is 77.7 cm³/mol. The summed E-state index contributed by atoms with van der Waals surface area (Å²) in [6.45, 7) is 1.76. The van der Waals surface area contributed by atoms with E-state index < -0.39 is 10.8 Å². The fourth-order valence-electron chi connectivity index (χ4n) is 1.60. The first-order valence-corrected chi connectivity index (χ1v) is 6.45. The van der Waals surface area contributed by atoms with E-state index in [2.05, 4.69) is 26.2 Å². The first-order chi connectivity index (χ1) is 9.49. The summed E-state index contributed by atoms with van der Waals surface area (Å²) in [5.41, 5.74) is 1.30. The molecule has 0 bridgehead atoms. The van der Waals surface area contributed by atoms with Crippen LogP contribution in [-0.2, 0) is 0 Å². The van der Waals surface area contributed by atoms with Gasteiger partial charge in [-0.2, -0.15) is 0 Å². The number of carbonyl (C=O) groups excluding carboxylic acids is 1. The molecule has 7 heteroatoms. The minimum absolute atomic E-state index is 0.152. The summed E-state index contributed by atoms with van der Waals surface area (Å²) < 4.78 is 0.330. The van der Waals surface area contributed by atoms with Crippen LogP contribution in [0.4, 0.5) is 11.4 Å². The normalized spacial score (nSPS) is 10.1. The molecule has 6 nitrogen and oxygen atoms in total. The van der Waals surface area contributed by atoms with Gasteiger partial charge in [0.2, 0.25) is 0 Å². The Morgan fingerprint density at radius 1 is 1.40 bits per heavy atom. The lowest BCUT2D eigenvalue weighted by Gasteiger charge is -2.07. The lowest BCUT2D eigenvalue weighted by Crippen LogP contribution is -2.13. The summed E-state index contributed by atoms with van der Waals surface area (Å²) in [5.74, 6) is -0.420. The van der Waals surface area contributed by atoms with Crippen molar-refractivity contribution in [1.29, 1.82) is 0 Å². The minimum atomic E-state index is -0.545. The van der Waals surface area contributed by atoms with Gasteiger partial charge < -0.3 is 5.32 Å². The van der Waals surface area contributed by atoms with E-state index in [0.717, 1.165) is 0 Å². The topological polar surface area (TPSA) is 85.1 Å². The fraction of sp³-hybridized carbons (Fsp3) is 0.0769. The van der Waals surface area contributed by atoms with E-state index in [0.29, 0.717) is 15.9 Å². The van der Waals surface area contributed by atoms with E-state index in [4.69, 9.17) is 0 Å². The molecule has 0 saturated heterocycles. The van der Waals surface area contributed by atoms with Crippen LogP contribution in [0, 0.1) is 17.0 Å². The highest BCUT2D eigenvalue weighted by molar-refractivity contribution is 9.10. The lowest BCUT2D eigenvalue weighted by molar-refractivity contribution is -0.385. The third-order valence-corrected chi connectivity index (χ3v) is 3.33. The number of aromatic nitrogens is 1. The highest BCUT2D eigenvalue weighted by Gasteiger charge is 2.16. The molecule has 0 saturated carbocycles. The van der Waals surface area contributed by atoms with Gasteiger partial charge >= 0.3 is 0 Å². The van der Waals surface area contributed by atoms with Gasteiger partial charge in [-0.15, -0.1) is 0 Å². The Labute approximate surface area is 123 Å². The minimum Gasteiger partial charge on any atom is -0.320 e. The van der Waals surface area contributed by atoms with Gasteiger partial charge in [-0.1, -0.05) is 0 Å². The SMILES string of the molecule is Cc1ncccc1NC(=O)c1ccc(Br)c([N+](=O)[O-])c1. The average Bonchev–Trinajstić information content (AvgIpc) is 2.41. The largest absolute Gasteiger partial charge is 0.320 e. The van der Waals surface area contributed by atoms with Gasteiger partial charge in [-0.3, -0.25) is 19.9 Å². The Balaban J connectivity index is 2.28. The highest BCUT2D eigenvalue weighted by Crippen LogP contribution is 2.26. The average molecular weight is 336 g/mol. The molecule has 2 rings (SSSR count). The zero-order valence-electron chi connectivity index (χ0n) is 10.5. The summed E-state index contributed by atoms with van der Waals surface area (Å²) in [6.07, 6.45) is 1.62. The van der Waals surface area contributed by atoms with E-state index in [1.807, 2.05) is 0 Å². The smallest absolute Gasteiger partial charge is 0.284 e. The number of hydrogen-bond donors (Lipinski definition) is 1. The molecule has 1 amide bonds. The summed E-state index contributed by atoms with van der Waals surface area (Å²) in [5, 5.41) is 13.5. The van der Waals surface area contributed by atoms with E-state index in [1.54, 1.807) is 25.3 Å². The van der Waals surface area contributed by atoms with Crippen LogP contribution in [0.25, 0.3) is 0 Å². The summed E-state index contributed by atoms with van der Waals surface area (Å²) in [6, 6.07) is 7.63. The van der Waals surface area contributed by atoms with E-state index in [9.17, 15) is 14.9 Å². The standard InChI is InChI=1S/C13H10BrN3O3/c1-8-11(3-2-6-15-8)16-13(18)9-4-5-10(14)12(7-9)17(19)20/h2-7H,1H3,(H,16,18). The number of nitro benzene ring substituents is 1. The molecule has 0 fully saturated rings. The number of benzene rings is 1. The molecule has 0 radical (unpaired) electrons. The van der Waals surface area contributed by atoms with Crippen molar-refractivity contribution in [2.75, 3.05) is 5.32 Å². The molecular weight excluding hydrogens is 326 g/mol. The van der Waals surface area contributed by atoms with Crippen LogP contribution >= 0.6 is 15.9 Å². The Kier molecular flexibility index (Phi) is 4.09. The van der Waals surface area contributed by atoms with Gasteiger partial charge in [0.1, 0.15) is 0 Å². The van der Waals surface area contributed by atoms with Crippen molar-refractivity contribution in [3.8, 4) is 0 Å². The number of nitro groups is 1. The molecule has 1 heterocycles. The van der Waals surface area contributed by atoms with Crippen molar-refractivity contribution in [1.82, 2.24) is 4.98 Å². The molecule has 1 N–H and O–H groups in total. The number of hydrogen-bond acceptors (Lipinski definition) is 4. The molecule has 2 aromatic rings. The van der Waals surface area contributed by atoms with Gasteiger partial charge in [0.05, 0.1) is 20.8 Å². The molecule has 0 aliphatic carbocycles. The number of nitrogens with one attached hydrogen (secondary N) is 1. The third-order valence-electron chi connectivity index (χ3n) is 2.66. The molecule has 0 aliphatic rings. The first-order valence-electron chi connectivity index (χ1n) is 5.66. The molecular formula is C13H10BrN3O3. The van der Waals surface area contributed by atoms with Gasteiger partial charge in [0, 0.05) is 17.8 Å². The molecule has 1 aromatic heterocycles. The van der Waals surface area contributed by atoms with Crippen molar-refractivity contribution >= 4 is 33.2 Å². The zero-order chi connectivity index (χ0) is 14.7. The maximum Gasteiger partial charge on any atom is 0.284 e. The second kappa shape index (κ2) is 5.79. The third kappa shape index (κ3) is 3.00. The van der Waals surface area contributed by atoms with Crippen LogP contribution < -0.4 is 5.32 Å². The Morgan fingerprint density at radius 2 is 2.15 bits per heavy atom. The first kappa shape index (κ1) is 14.1. The highest BCUT2D eigenvalue weighted by atomic mass is 79.9. The maximum absolute atomic E-state index is 12.1. The van der Waals surface area contributed by atoms with Crippen molar-refractivity contribution in [3.63, 3.8) is 0 Å². The predicted octanol–water partition coefficient (Wildman–Crippen LogP) is 3.31. The maximum atomic E-state index is 12.1. The number of amides is 1. The van der Waals surface area contributed by atoms with Crippen LogP contribution in [0.5, 0.6) is 0 Å². The molecule has 0 spiro atoms. The fourth-order valence-corrected chi connectivity index (χ4v) is 2.00. The molecule has 102 valence electrons. The number of pyridine rings is 1. The van der Waals surface area contributed by atoms with Crippen molar-refractivity contribution in [2.45, 2.75) is 6.92 Å². The number of anilines is 1. The molecule has 0 aliphatic heterocycles. The summed E-state index contributed by atoms with van der Waals surface area (Å²) in [4.78, 5) is 26.4. The Bertz CT molecular complexity index is 688. The Morgan fingerprint density at radius 3 is 2.80 bits per heavy atom. The lowest BCUT2D eigenvalue weighted by atomic mass is 10.2. The number of rotatable bonds is 3. The van der Waals surface area contributed by atoms with Gasteiger partial charge in [-0.25, -0.2) is 0 Å². The van der Waals surface area contributed by atoms with Crippen LogP contribution in [0.15, 0.2) is 41.0 Å². The number of halogens is 1. The van der Waals surface area contributed by atoms with Crippen molar-refractivity contribution < 1.29 is 9.72 Å². The summed E-state index contributed by atoms with van der Waals surface area (Å²) in [7, 11) is 0. The van der Waals surface area contributed by atoms with E-state index in [1.165, 1.54) is 18.2 Å².